The van der Waals surface area contributed by atoms with E-state index in [1.165, 1.54) is 6.92 Å². The number of pyridine rings is 1. The minimum absolute atomic E-state index is 0.0508. The number of Topliss-reactive ketones (excluding diaryl/α,β-unsaturated/α-hetero) is 2. The summed E-state index contributed by atoms with van der Waals surface area (Å²) in [6.45, 7) is 1.47. The highest BCUT2D eigenvalue weighted by atomic mass is 16.5. The van der Waals surface area contributed by atoms with Crippen LogP contribution >= 0.6 is 0 Å². The van der Waals surface area contributed by atoms with Gasteiger partial charge in [-0.15, -0.1) is 0 Å². The fourth-order valence-corrected chi connectivity index (χ4v) is 3.68. The molecule has 3 aromatic rings. The summed E-state index contributed by atoms with van der Waals surface area (Å²) in [5.74, 6) is -0.0991. The molecule has 0 saturated heterocycles. The maximum absolute atomic E-state index is 12.8. The Kier molecular flexibility index (Phi) is 5.27. The number of aromatic nitrogens is 1. The molecule has 0 unspecified atom stereocenters. The molecule has 6 heteroatoms. The SMILES string of the molecule is CC(=O)c1cccc2c1OB(O)[C@@H](CC(=O)c1ccc(-c3ccncc3)cc1)C2. The lowest BCUT2D eigenvalue weighted by molar-refractivity contribution is 0.0971. The number of fused-ring (bicyclic) bond motifs is 1. The monoisotopic (exact) mass is 385 g/mol. The molecule has 29 heavy (non-hydrogen) atoms. The minimum Gasteiger partial charge on any atom is -0.535 e. The van der Waals surface area contributed by atoms with Crippen molar-refractivity contribution in [3.63, 3.8) is 0 Å². The van der Waals surface area contributed by atoms with Crippen LogP contribution in [0.15, 0.2) is 67.0 Å². The van der Waals surface area contributed by atoms with Crippen LogP contribution in [0, 0.1) is 0 Å². The van der Waals surface area contributed by atoms with Crippen molar-refractivity contribution >= 4 is 18.7 Å². The largest absolute Gasteiger partial charge is 0.535 e. The second-order valence-corrected chi connectivity index (χ2v) is 7.26. The van der Waals surface area contributed by atoms with Gasteiger partial charge in [-0.3, -0.25) is 14.6 Å². The molecule has 1 aliphatic rings. The van der Waals surface area contributed by atoms with Crippen molar-refractivity contribution in [1.82, 2.24) is 4.98 Å². The highest BCUT2D eigenvalue weighted by molar-refractivity contribution is 6.47. The van der Waals surface area contributed by atoms with E-state index in [1.54, 1.807) is 36.7 Å². The second-order valence-electron chi connectivity index (χ2n) is 7.26. The lowest BCUT2D eigenvalue weighted by atomic mass is 9.64. The van der Waals surface area contributed by atoms with Crippen molar-refractivity contribution in [3.05, 3.63) is 83.7 Å². The number of nitrogens with zero attached hydrogens (tertiary/aromatic N) is 1. The Labute approximate surface area is 169 Å². The smallest absolute Gasteiger partial charge is 0.526 e. The molecular formula is C23H20BNO4. The van der Waals surface area contributed by atoms with Gasteiger partial charge < -0.3 is 9.68 Å². The summed E-state index contributed by atoms with van der Waals surface area (Å²) in [5, 5.41) is 10.4. The number of rotatable bonds is 5. The molecule has 4 rings (SSSR count). The van der Waals surface area contributed by atoms with Crippen LogP contribution in [0.1, 0.15) is 39.6 Å². The van der Waals surface area contributed by atoms with Gasteiger partial charge in [0.1, 0.15) is 5.75 Å². The highest BCUT2D eigenvalue weighted by Crippen LogP contribution is 2.37. The van der Waals surface area contributed by atoms with Crippen molar-refractivity contribution in [2.45, 2.75) is 25.6 Å². The van der Waals surface area contributed by atoms with Gasteiger partial charge >= 0.3 is 7.12 Å². The molecular weight excluding hydrogens is 365 g/mol. The van der Waals surface area contributed by atoms with Crippen molar-refractivity contribution in [2.24, 2.45) is 0 Å². The standard InChI is InChI=1S/C23H20BNO4/c1-15(26)21-4-2-3-19-13-20(24(28)29-23(19)21)14-22(27)18-7-5-16(6-8-18)17-9-11-25-12-10-17/h2-12,20,28H,13-14H2,1H3/t20-/m1/s1. The highest BCUT2D eigenvalue weighted by Gasteiger charge is 2.37. The lowest BCUT2D eigenvalue weighted by Gasteiger charge is -2.28. The zero-order chi connectivity index (χ0) is 20.4. The first-order chi connectivity index (χ1) is 14.0. The predicted octanol–water partition coefficient (Wildman–Crippen LogP) is 4.01. The Balaban J connectivity index is 1.49. The summed E-state index contributed by atoms with van der Waals surface area (Å²) >= 11 is 0. The van der Waals surface area contributed by atoms with E-state index in [0.717, 1.165) is 16.7 Å². The zero-order valence-corrected chi connectivity index (χ0v) is 16.0. The molecule has 2 aromatic carbocycles. The van der Waals surface area contributed by atoms with E-state index >= 15 is 0 Å². The van der Waals surface area contributed by atoms with Crippen LogP contribution in [-0.4, -0.2) is 28.7 Å². The Bertz CT molecular complexity index is 1050. The number of carbonyl (C=O) groups is 2. The van der Waals surface area contributed by atoms with Gasteiger partial charge in [-0.1, -0.05) is 36.4 Å². The summed E-state index contributed by atoms with van der Waals surface area (Å²) < 4.78 is 5.63. The molecule has 0 spiro atoms. The maximum Gasteiger partial charge on any atom is 0.526 e. The molecule has 0 amide bonds. The number of para-hydroxylation sites is 1. The van der Waals surface area contributed by atoms with Crippen LogP contribution in [0.5, 0.6) is 5.75 Å². The quantitative estimate of drug-likeness (QED) is 0.531. The molecule has 1 aliphatic heterocycles. The first kappa shape index (κ1) is 19.1. The predicted molar refractivity (Wildman–Crippen MR) is 111 cm³/mol. The van der Waals surface area contributed by atoms with Crippen LogP contribution in [0.4, 0.5) is 0 Å². The molecule has 1 N–H and O–H groups in total. The molecule has 1 aromatic heterocycles. The van der Waals surface area contributed by atoms with Gasteiger partial charge in [-0.05, 0) is 48.2 Å². The number of hydrogen-bond donors (Lipinski definition) is 1. The second kappa shape index (κ2) is 8.01. The van der Waals surface area contributed by atoms with Gasteiger partial charge in [-0.2, -0.15) is 0 Å². The zero-order valence-electron chi connectivity index (χ0n) is 16.0. The van der Waals surface area contributed by atoms with Gasteiger partial charge in [0.25, 0.3) is 0 Å². The van der Waals surface area contributed by atoms with Gasteiger partial charge in [0, 0.05) is 30.2 Å². The van der Waals surface area contributed by atoms with Gasteiger partial charge in [0.15, 0.2) is 11.6 Å². The van der Waals surface area contributed by atoms with Crippen LogP contribution in [0.25, 0.3) is 11.1 Å². The third kappa shape index (κ3) is 3.98. The van der Waals surface area contributed by atoms with Crippen molar-refractivity contribution in [2.75, 3.05) is 0 Å². The molecule has 0 bridgehead atoms. The summed E-state index contributed by atoms with van der Waals surface area (Å²) in [7, 11) is -1.12. The molecule has 0 aliphatic carbocycles. The first-order valence-corrected chi connectivity index (χ1v) is 9.54. The van der Waals surface area contributed by atoms with Crippen molar-refractivity contribution in [3.8, 4) is 16.9 Å². The van der Waals surface area contributed by atoms with E-state index in [9.17, 15) is 14.6 Å². The van der Waals surface area contributed by atoms with E-state index in [4.69, 9.17) is 4.65 Å². The van der Waals surface area contributed by atoms with Crippen molar-refractivity contribution < 1.29 is 19.3 Å². The normalized spacial score (nSPS) is 15.4. The van der Waals surface area contributed by atoms with E-state index in [-0.39, 0.29) is 23.8 Å². The Morgan fingerprint density at radius 1 is 1.07 bits per heavy atom. The Hall–Kier alpha value is -3.25. The van der Waals surface area contributed by atoms with Crippen molar-refractivity contribution in [1.29, 1.82) is 0 Å². The molecule has 0 radical (unpaired) electrons. The van der Waals surface area contributed by atoms with E-state index in [1.807, 2.05) is 30.3 Å². The van der Waals surface area contributed by atoms with Crippen LogP contribution in [0.2, 0.25) is 5.82 Å². The lowest BCUT2D eigenvalue weighted by Crippen LogP contribution is -2.35. The third-order valence-corrected chi connectivity index (χ3v) is 5.27. The Morgan fingerprint density at radius 3 is 2.45 bits per heavy atom. The maximum atomic E-state index is 12.8. The fourth-order valence-electron chi connectivity index (χ4n) is 3.68. The van der Waals surface area contributed by atoms with Gasteiger partial charge in [-0.25, -0.2) is 0 Å². The topological polar surface area (TPSA) is 76.5 Å². The van der Waals surface area contributed by atoms with Crippen LogP contribution < -0.4 is 4.65 Å². The third-order valence-electron chi connectivity index (χ3n) is 5.27. The first-order valence-electron chi connectivity index (χ1n) is 9.54. The number of benzene rings is 2. The number of hydrogen-bond acceptors (Lipinski definition) is 5. The van der Waals surface area contributed by atoms with Crippen LogP contribution in [0.3, 0.4) is 0 Å². The summed E-state index contributed by atoms with van der Waals surface area (Å²) in [6, 6.07) is 16.6. The summed E-state index contributed by atoms with van der Waals surface area (Å²) in [6.07, 6.45) is 4.11. The van der Waals surface area contributed by atoms with Crippen LogP contribution in [-0.2, 0) is 6.42 Å². The number of ketones is 2. The van der Waals surface area contributed by atoms with E-state index in [0.29, 0.717) is 23.3 Å². The van der Waals surface area contributed by atoms with E-state index < -0.39 is 7.12 Å². The molecule has 0 fully saturated rings. The molecule has 1 atom stereocenters. The van der Waals surface area contributed by atoms with E-state index in [2.05, 4.69) is 4.98 Å². The minimum atomic E-state index is -1.12. The molecule has 5 nitrogen and oxygen atoms in total. The van der Waals surface area contributed by atoms with Gasteiger partial charge in [0.05, 0.1) is 5.56 Å². The number of carbonyl (C=O) groups excluding carboxylic acids is 2. The fraction of sp³-hybridized carbons (Fsp3) is 0.174. The van der Waals surface area contributed by atoms with Gasteiger partial charge in [0.2, 0.25) is 0 Å². The molecule has 0 saturated carbocycles. The average Bonchev–Trinajstić information content (AvgIpc) is 2.74. The summed E-state index contributed by atoms with van der Waals surface area (Å²) in [4.78, 5) is 28.6. The summed E-state index contributed by atoms with van der Waals surface area (Å²) in [5.41, 5.74) is 3.94. The Morgan fingerprint density at radius 2 is 1.76 bits per heavy atom. The molecule has 144 valence electrons. The average molecular weight is 385 g/mol. The molecule has 2 heterocycles.